The van der Waals surface area contributed by atoms with Crippen LogP contribution in [0, 0.1) is 0 Å². The maximum absolute atomic E-state index is 12.9. The molecule has 0 saturated heterocycles. The lowest BCUT2D eigenvalue weighted by Gasteiger charge is -2.26. The van der Waals surface area contributed by atoms with E-state index in [1.54, 1.807) is 0 Å². The smallest absolute Gasteiger partial charge is 0.306 e. The van der Waals surface area contributed by atoms with Gasteiger partial charge in [0.05, 0.1) is 40.3 Å². The number of unbranched alkanes of at least 4 members (excludes halogenated alkanes) is 44. The van der Waals surface area contributed by atoms with E-state index in [1.807, 2.05) is 21.1 Å². The van der Waals surface area contributed by atoms with Crippen molar-refractivity contribution in [3.63, 3.8) is 0 Å². The highest BCUT2D eigenvalue weighted by molar-refractivity contribution is 5.70. The van der Waals surface area contributed by atoms with Crippen molar-refractivity contribution in [1.82, 2.24) is 0 Å². The predicted octanol–water partition coefficient (Wildman–Crippen LogP) is 21.8. The summed E-state index contributed by atoms with van der Waals surface area (Å²) in [6, 6.07) is 0. The molecule has 0 aliphatic carbocycles. The van der Waals surface area contributed by atoms with Crippen LogP contribution in [0.4, 0.5) is 0 Å². The van der Waals surface area contributed by atoms with Gasteiger partial charge >= 0.3 is 11.9 Å². The molecular weight excluding hydrogens is 1070 g/mol. The number of esters is 2. The maximum Gasteiger partial charge on any atom is 0.306 e. The van der Waals surface area contributed by atoms with E-state index in [0.717, 1.165) is 70.6 Å². The molecule has 0 amide bonds. The molecule has 0 rings (SSSR count). The SMILES string of the molecule is CC/C=C\C/C=C\C/C=C\C/C=C\C/C=C\CCCCCCCCCCCCCCCCCCCCCCCCCC(=O)OC(COC(=O)CCCCCCCCCCCCCCCCCCCCCCCC)COC(OCC[N+](C)(C)C)C(=O)[O-]. The molecule has 0 spiro atoms. The van der Waals surface area contributed by atoms with Gasteiger partial charge in [-0.3, -0.25) is 9.59 Å². The second-order valence-corrected chi connectivity index (χ2v) is 26.2. The molecule has 502 valence electrons. The minimum absolute atomic E-state index is 0.151. The Kier molecular flexibility index (Phi) is 65.5. The Morgan fingerprint density at radius 2 is 0.663 bits per heavy atom. The quantitative estimate of drug-likeness (QED) is 0.0195. The topological polar surface area (TPSA) is 111 Å². The number of ether oxygens (including phenoxy) is 4. The van der Waals surface area contributed by atoms with Crippen LogP contribution >= 0.6 is 0 Å². The van der Waals surface area contributed by atoms with Crippen molar-refractivity contribution in [3.05, 3.63) is 60.8 Å². The number of carbonyl (C=O) groups excluding carboxylic acids is 3. The van der Waals surface area contributed by atoms with Crippen LogP contribution in [-0.2, 0) is 33.3 Å². The van der Waals surface area contributed by atoms with E-state index >= 15 is 0 Å². The third-order valence-electron chi connectivity index (χ3n) is 16.5. The highest BCUT2D eigenvalue weighted by Crippen LogP contribution is 2.19. The molecule has 0 aromatic heterocycles. The number of hydrogen-bond acceptors (Lipinski definition) is 8. The summed E-state index contributed by atoms with van der Waals surface area (Å²) in [7, 11) is 5.94. The maximum atomic E-state index is 12.9. The van der Waals surface area contributed by atoms with Crippen LogP contribution in [0.1, 0.15) is 354 Å². The minimum atomic E-state index is -1.62. The fourth-order valence-electron chi connectivity index (χ4n) is 10.9. The normalized spacial score (nSPS) is 13.0. The molecule has 0 heterocycles. The first-order chi connectivity index (χ1) is 42.1. The van der Waals surface area contributed by atoms with E-state index in [9.17, 15) is 19.5 Å². The average molecular weight is 1210 g/mol. The van der Waals surface area contributed by atoms with Gasteiger partial charge in [-0.05, 0) is 57.8 Å². The Hall–Kier alpha value is -3.01. The molecule has 0 fully saturated rings. The van der Waals surface area contributed by atoms with Crippen LogP contribution in [0.15, 0.2) is 60.8 Å². The zero-order valence-electron chi connectivity index (χ0n) is 57.4. The highest BCUT2D eigenvalue weighted by Gasteiger charge is 2.22. The van der Waals surface area contributed by atoms with E-state index in [0.29, 0.717) is 17.4 Å². The summed E-state index contributed by atoms with van der Waals surface area (Å²) >= 11 is 0. The molecule has 2 atom stereocenters. The molecule has 0 saturated carbocycles. The Morgan fingerprint density at radius 3 is 0.988 bits per heavy atom. The third-order valence-corrected chi connectivity index (χ3v) is 16.5. The number of carbonyl (C=O) groups is 3. The van der Waals surface area contributed by atoms with Crippen LogP contribution < -0.4 is 5.11 Å². The molecule has 0 radical (unpaired) electrons. The summed E-state index contributed by atoms with van der Waals surface area (Å²) in [5.74, 6) is -2.25. The zero-order valence-corrected chi connectivity index (χ0v) is 57.4. The molecular formula is C77H141NO8. The van der Waals surface area contributed by atoms with E-state index in [1.165, 1.54) is 257 Å². The van der Waals surface area contributed by atoms with Crippen molar-refractivity contribution in [1.29, 1.82) is 0 Å². The van der Waals surface area contributed by atoms with Crippen LogP contribution in [0.25, 0.3) is 0 Å². The van der Waals surface area contributed by atoms with Gasteiger partial charge in [-0.25, -0.2) is 0 Å². The highest BCUT2D eigenvalue weighted by atomic mass is 16.7. The predicted molar refractivity (Wildman–Crippen MR) is 366 cm³/mol. The summed E-state index contributed by atoms with van der Waals surface area (Å²) < 4.78 is 22.8. The van der Waals surface area contributed by atoms with E-state index in [2.05, 4.69) is 74.6 Å². The molecule has 0 aliphatic rings. The number of hydrogen-bond donors (Lipinski definition) is 0. The van der Waals surface area contributed by atoms with Gasteiger partial charge in [0.25, 0.3) is 0 Å². The number of carboxylic acids is 1. The number of carboxylic acid groups (broad SMARTS) is 1. The van der Waals surface area contributed by atoms with Gasteiger partial charge in [-0.1, -0.05) is 344 Å². The second kappa shape index (κ2) is 67.9. The third kappa shape index (κ3) is 68.5. The molecule has 9 nitrogen and oxygen atoms in total. The van der Waals surface area contributed by atoms with Gasteiger partial charge in [0.1, 0.15) is 13.2 Å². The first-order valence-electron chi connectivity index (χ1n) is 36.9. The van der Waals surface area contributed by atoms with Gasteiger partial charge in [-0.15, -0.1) is 0 Å². The molecule has 0 bridgehead atoms. The van der Waals surface area contributed by atoms with Crippen molar-refractivity contribution in [2.75, 3.05) is 47.5 Å². The second-order valence-electron chi connectivity index (χ2n) is 26.2. The number of likely N-dealkylation sites (N-methyl/N-ethyl adjacent to an activating group) is 1. The van der Waals surface area contributed by atoms with Gasteiger partial charge in [0, 0.05) is 12.8 Å². The van der Waals surface area contributed by atoms with Crippen molar-refractivity contribution in [3.8, 4) is 0 Å². The van der Waals surface area contributed by atoms with Gasteiger partial charge in [-0.2, -0.15) is 0 Å². The lowest BCUT2D eigenvalue weighted by Crippen LogP contribution is -2.44. The van der Waals surface area contributed by atoms with E-state index in [4.69, 9.17) is 18.9 Å². The Labute approximate surface area is 533 Å². The molecule has 0 N–H and O–H groups in total. The monoisotopic (exact) mass is 1210 g/mol. The first-order valence-corrected chi connectivity index (χ1v) is 36.9. The van der Waals surface area contributed by atoms with Gasteiger partial charge in [0.15, 0.2) is 12.4 Å². The van der Waals surface area contributed by atoms with Crippen molar-refractivity contribution in [2.24, 2.45) is 0 Å². The number of allylic oxidation sites excluding steroid dienone is 10. The summed E-state index contributed by atoms with van der Waals surface area (Å²) in [5, 5.41) is 11.8. The molecule has 86 heavy (non-hydrogen) atoms. The Balaban J connectivity index is 3.98. The number of nitrogens with zero attached hydrogens (tertiary/aromatic N) is 1. The first kappa shape index (κ1) is 83.0. The molecule has 0 aliphatic heterocycles. The number of aliphatic carboxylic acids is 1. The minimum Gasteiger partial charge on any atom is -0.545 e. The van der Waals surface area contributed by atoms with Crippen molar-refractivity contribution >= 4 is 17.9 Å². The molecule has 0 aromatic carbocycles. The summed E-state index contributed by atoms with van der Waals surface area (Å²) in [5.41, 5.74) is 0. The van der Waals surface area contributed by atoms with Crippen molar-refractivity contribution in [2.45, 2.75) is 367 Å². The average Bonchev–Trinajstić information content (AvgIpc) is 3.63. The van der Waals surface area contributed by atoms with E-state index < -0.39 is 24.3 Å². The van der Waals surface area contributed by atoms with Gasteiger partial charge in [0.2, 0.25) is 0 Å². The Bertz CT molecular complexity index is 1600. The molecule has 9 heteroatoms. The lowest BCUT2D eigenvalue weighted by molar-refractivity contribution is -0.870. The summed E-state index contributed by atoms with van der Waals surface area (Å²) in [6.45, 7) is 4.70. The van der Waals surface area contributed by atoms with Gasteiger partial charge < -0.3 is 33.3 Å². The lowest BCUT2D eigenvalue weighted by atomic mass is 10.0. The number of rotatable bonds is 69. The van der Waals surface area contributed by atoms with Crippen LogP contribution in [0.3, 0.4) is 0 Å². The van der Waals surface area contributed by atoms with Crippen LogP contribution in [0.5, 0.6) is 0 Å². The number of quaternary nitrogens is 1. The largest absolute Gasteiger partial charge is 0.545 e. The fraction of sp³-hybridized carbons (Fsp3) is 0.831. The molecule has 2 unspecified atom stereocenters. The van der Waals surface area contributed by atoms with Crippen LogP contribution in [0.2, 0.25) is 0 Å². The Morgan fingerprint density at radius 1 is 0.360 bits per heavy atom. The van der Waals surface area contributed by atoms with Crippen LogP contribution in [-0.4, -0.2) is 82.3 Å². The molecule has 0 aromatic rings. The summed E-state index contributed by atoms with van der Waals surface area (Å²) in [6.07, 6.45) is 86.1. The van der Waals surface area contributed by atoms with Crippen molar-refractivity contribution < 1.29 is 42.9 Å². The fourth-order valence-corrected chi connectivity index (χ4v) is 10.9. The van der Waals surface area contributed by atoms with E-state index in [-0.39, 0.29) is 32.2 Å². The standard InChI is InChI=1S/C77H141NO8/c1-6-8-10-12-14-16-18-20-22-24-26-28-30-31-32-33-34-35-36-37-38-39-40-41-42-43-44-45-46-48-50-52-54-56-58-60-62-64-66-68-75(80)86-73(72-85-77(76(81)82)83-70-69-78(3,4)5)71-84-74(79)67-65-63-61-59-57-55-53-51-49-47-29-27-25-23-21-19-17-15-13-11-9-7-2/h8,10,14,16,20,22,26,28,31-32,73,77H,6-7,9,11-13,15,17-19,21,23-25,27,29-30,33-72H2,1-5H3/b10-8-,16-14-,22-20-,28-26-,32-31-. The summed E-state index contributed by atoms with van der Waals surface area (Å²) in [4.78, 5) is 37.5. The zero-order chi connectivity index (χ0) is 62.6.